The number of nitrogens with one attached hydrogen (secondary N) is 1. The molecule has 2 aromatic rings. The molecule has 0 radical (unpaired) electrons. The number of nitrogens with zero attached hydrogens (tertiary/aromatic N) is 2. The summed E-state index contributed by atoms with van der Waals surface area (Å²) in [6.07, 6.45) is 3.64. The van der Waals surface area contributed by atoms with Gasteiger partial charge < -0.3 is 15.0 Å². The Morgan fingerprint density at radius 1 is 1.06 bits per heavy atom. The van der Waals surface area contributed by atoms with Crippen LogP contribution in [0.1, 0.15) is 57.1 Å². The van der Waals surface area contributed by atoms with Crippen molar-refractivity contribution in [3.63, 3.8) is 0 Å². The van der Waals surface area contributed by atoms with Gasteiger partial charge in [-0.15, -0.1) is 0 Å². The molecule has 3 aliphatic rings. The average molecular weight is 512 g/mol. The first-order chi connectivity index (χ1) is 17.1. The smallest absolute Gasteiger partial charge is 0.410 e. The van der Waals surface area contributed by atoms with Crippen LogP contribution in [0.25, 0.3) is 0 Å². The van der Waals surface area contributed by atoms with Crippen molar-refractivity contribution in [2.24, 2.45) is 5.92 Å². The number of carbonyl (C=O) groups excluding carboxylic acids is 1. The molecule has 2 heterocycles. The van der Waals surface area contributed by atoms with E-state index in [2.05, 4.69) is 17.4 Å². The van der Waals surface area contributed by atoms with Crippen LogP contribution in [0.4, 0.5) is 10.5 Å². The number of ether oxygens (including phenoxy) is 1. The largest absolute Gasteiger partial charge is 0.444 e. The van der Waals surface area contributed by atoms with Crippen molar-refractivity contribution in [3.8, 4) is 0 Å². The van der Waals surface area contributed by atoms with Crippen LogP contribution in [0.2, 0.25) is 0 Å². The molecule has 7 nitrogen and oxygen atoms in total. The van der Waals surface area contributed by atoms with Crippen LogP contribution in [0.5, 0.6) is 0 Å². The molecule has 1 N–H and O–H groups in total. The number of anilines is 1. The van der Waals surface area contributed by atoms with Crippen molar-refractivity contribution in [2.45, 2.75) is 68.9 Å². The van der Waals surface area contributed by atoms with Crippen molar-refractivity contribution in [2.75, 3.05) is 30.5 Å². The normalized spacial score (nSPS) is 22.4. The molecular formula is C28H37N3O4S. The van der Waals surface area contributed by atoms with Gasteiger partial charge in [0.1, 0.15) is 5.60 Å². The minimum Gasteiger partial charge on any atom is -0.444 e. The maximum atomic E-state index is 13.1. The predicted octanol–water partition coefficient (Wildman–Crippen LogP) is 4.53. The van der Waals surface area contributed by atoms with E-state index in [0.29, 0.717) is 29.3 Å². The van der Waals surface area contributed by atoms with E-state index in [-0.39, 0.29) is 6.09 Å². The molecule has 0 unspecified atom stereocenters. The fourth-order valence-corrected chi connectivity index (χ4v) is 6.87. The molecule has 1 aliphatic carbocycles. The van der Waals surface area contributed by atoms with E-state index in [1.54, 1.807) is 28.6 Å². The van der Waals surface area contributed by atoms with Gasteiger partial charge in [0.15, 0.2) is 0 Å². The molecule has 2 aromatic carbocycles. The molecule has 0 aromatic heterocycles. The summed E-state index contributed by atoms with van der Waals surface area (Å²) < 4.78 is 33.3. The highest BCUT2D eigenvalue weighted by Gasteiger charge is 2.40. The Morgan fingerprint density at radius 3 is 2.47 bits per heavy atom. The van der Waals surface area contributed by atoms with Gasteiger partial charge >= 0.3 is 6.09 Å². The lowest BCUT2D eigenvalue weighted by atomic mass is 9.97. The van der Waals surface area contributed by atoms with E-state index in [0.717, 1.165) is 56.6 Å². The van der Waals surface area contributed by atoms with Gasteiger partial charge in [0.05, 0.1) is 10.6 Å². The molecule has 1 saturated carbocycles. The molecular weight excluding hydrogens is 474 g/mol. The Hall–Kier alpha value is -2.58. The summed E-state index contributed by atoms with van der Waals surface area (Å²) in [7, 11) is -3.53. The molecule has 2 fully saturated rings. The average Bonchev–Trinajstić information content (AvgIpc) is 3.50. The van der Waals surface area contributed by atoms with Crippen molar-refractivity contribution in [1.82, 2.24) is 10.2 Å². The first-order valence-electron chi connectivity index (χ1n) is 13.0. The number of fused-ring (bicyclic) bond motifs is 1. The summed E-state index contributed by atoms with van der Waals surface area (Å²) in [6.45, 7) is 8.67. The number of benzene rings is 2. The summed E-state index contributed by atoms with van der Waals surface area (Å²) in [5.74, 6) is 1.05. The molecule has 36 heavy (non-hydrogen) atoms. The molecule has 0 spiro atoms. The van der Waals surface area contributed by atoms with Gasteiger partial charge in [-0.1, -0.05) is 30.3 Å². The minimum atomic E-state index is -3.53. The standard InChI is InChI=1S/C28H37N3O4S/c1-28(2,3)35-27(32)30-14-11-20(12-15-30)19-29-25-18-24(25)21-9-10-26-22(17-21)13-16-31(26)36(33,34)23-7-5-4-6-8-23/h4-10,17,20,24-25,29H,11-16,18-19H2,1-3H3/t24-,25+/m0/s1. The number of hydrogen-bond donors (Lipinski definition) is 1. The summed E-state index contributed by atoms with van der Waals surface area (Å²) >= 11 is 0. The summed E-state index contributed by atoms with van der Waals surface area (Å²) in [5, 5.41) is 3.74. The van der Waals surface area contributed by atoms with Gasteiger partial charge in [-0.3, -0.25) is 4.31 Å². The quantitative estimate of drug-likeness (QED) is 0.617. The number of sulfonamides is 1. The van der Waals surface area contributed by atoms with Gasteiger partial charge in [0.2, 0.25) is 0 Å². The van der Waals surface area contributed by atoms with E-state index >= 15 is 0 Å². The Bertz CT molecular complexity index is 1200. The van der Waals surface area contributed by atoms with E-state index in [4.69, 9.17) is 4.74 Å². The van der Waals surface area contributed by atoms with Crippen LogP contribution in [-0.4, -0.2) is 57.2 Å². The first-order valence-corrected chi connectivity index (χ1v) is 14.5. The third-order valence-electron chi connectivity index (χ3n) is 7.44. The number of likely N-dealkylation sites (tertiary alicyclic amines) is 1. The second-order valence-electron chi connectivity index (χ2n) is 11.3. The molecule has 194 valence electrons. The zero-order chi connectivity index (χ0) is 25.5. The maximum absolute atomic E-state index is 13.1. The Labute approximate surface area is 214 Å². The fourth-order valence-electron chi connectivity index (χ4n) is 5.34. The number of carbonyl (C=O) groups is 1. The van der Waals surface area contributed by atoms with Gasteiger partial charge in [0.25, 0.3) is 10.0 Å². The van der Waals surface area contributed by atoms with Gasteiger partial charge in [-0.05, 0) is 88.2 Å². The van der Waals surface area contributed by atoms with Crippen molar-refractivity contribution in [1.29, 1.82) is 0 Å². The number of amides is 1. The minimum absolute atomic E-state index is 0.206. The Kier molecular flexibility index (Phi) is 6.76. The summed E-state index contributed by atoms with van der Waals surface area (Å²) in [5.41, 5.74) is 2.77. The summed E-state index contributed by atoms with van der Waals surface area (Å²) in [4.78, 5) is 14.4. The Morgan fingerprint density at radius 2 is 1.78 bits per heavy atom. The third-order valence-corrected chi connectivity index (χ3v) is 9.27. The van der Waals surface area contributed by atoms with E-state index < -0.39 is 15.6 Å². The van der Waals surface area contributed by atoms with Gasteiger partial charge in [-0.2, -0.15) is 0 Å². The highest BCUT2D eigenvalue weighted by molar-refractivity contribution is 7.92. The monoisotopic (exact) mass is 511 g/mol. The van der Waals surface area contributed by atoms with Crippen molar-refractivity contribution in [3.05, 3.63) is 59.7 Å². The second kappa shape index (κ2) is 9.71. The lowest BCUT2D eigenvalue weighted by Crippen LogP contribution is -2.43. The topological polar surface area (TPSA) is 79.0 Å². The SMILES string of the molecule is CC(C)(C)OC(=O)N1CCC(CN[C@@H]2C[C@H]2c2ccc3c(c2)CCN3S(=O)(=O)c2ccccc2)CC1. The zero-order valence-electron chi connectivity index (χ0n) is 21.4. The molecule has 2 aliphatic heterocycles. The van der Waals surface area contributed by atoms with Crippen LogP contribution < -0.4 is 9.62 Å². The Balaban J connectivity index is 1.12. The number of piperidine rings is 1. The molecule has 5 rings (SSSR count). The van der Waals surface area contributed by atoms with Crippen LogP contribution in [0.15, 0.2) is 53.4 Å². The highest BCUT2D eigenvalue weighted by Crippen LogP contribution is 2.44. The highest BCUT2D eigenvalue weighted by atomic mass is 32.2. The van der Waals surface area contributed by atoms with E-state index in [1.165, 1.54) is 5.56 Å². The van der Waals surface area contributed by atoms with Crippen LogP contribution in [0.3, 0.4) is 0 Å². The van der Waals surface area contributed by atoms with Gasteiger partial charge in [-0.25, -0.2) is 13.2 Å². The summed E-state index contributed by atoms with van der Waals surface area (Å²) in [6, 6.07) is 15.4. The number of rotatable bonds is 6. The molecule has 1 saturated heterocycles. The first kappa shape index (κ1) is 25.1. The zero-order valence-corrected chi connectivity index (χ0v) is 22.3. The van der Waals surface area contributed by atoms with Crippen LogP contribution in [0, 0.1) is 5.92 Å². The predicted molar refractivity (Wildman–Crippen MR) is 141 cm³/mol. The van der Waals surface area contributed by atoms with Crippen LogP contribution in [-0.2, 0) is 21.2 Å². The number of hydrogen-bond acceptors (Lipinski definition) is 5. The van der Waals surface area contributed by atoms with Crippen molar-refractivity contribution < 1.29 is 17.9 Å². The fraction of sp³-hybridized carbons (Fsp3) is 0.536. The van der Waals surface area contributed by atoms with E-state index in [9.17, 15) is 13.2 Å². The lowest BCUT2D eigenvalue weighted by Gasteiger charge is -2.33. The van der Waals surface area contributed by atoms with E-state index in [1.807, 2.05) is 37.8 Å². The van der Waals surface area contributed by atoms with Crippen LogP contribution >= 0.6 is 0 Å². The molecule has 0 bridgehead atoms. The molecule has 1 amide bonds. The third kappa shape index (κ3) is 5.39. The maximum Gasteiger partial charge on any atom is 0.410 e. The second-order valence-corrected chi connectivity index (χ2v) is 13.2. The van der Waals surface area contributed by atoms with Gasteiger partial charge in [0, 0.05) is 31.6 Å². The molecule has 8 heteroatoms. The molecule has 2 atom stereocenters. The lowest BCUT2D eigenvalue weighted by molar-refractivity contribution is 0.0184. The van der Waals surface area contributed by atoms with Crippen molar-refractivity contribution >= 4 is 21.8 Å².